The molecule has 0 radical (unpaired) electrons. The number of carbonyl (C=O) groups excluding carboxylic acids is 1. The number of aryl methyl sites for hydroxylation is 1. The van der Waals surface area contributed by atoms with Crippen molar-refractivity contribution in [1.29, 1.82) is 0 Å². The van der Waals surface area contributed by atoms with Gasteiger partial charge in [-0.1, -0.05) is 12.8 Å². The molecule has 27 heavy (non-hydrogen) atoms. The van der Waals surface area contributed by atoms with Crippen molar-refractivity contribution in [2.24, 2.45) is 0 Å². The number of ether oxygens (including phenoxy) is 1. The molecule has 1 saturated heterocycles. The molecule has 2 heterocycles. The Balaban J connectivity index is 1.70. The third-order valence-corrected chi connectivity index (χ3v) is 5.57. The summed E-state index contributed by atoms with van der Waals surface area (Å²) in [6.45, 7) is 9.57. The van der Waals surface area contributed by atoms with E-state index in [1.54, 1.807) is 6.92 Å². The summed E-state index contributed by atoms with van der Waals surface area (Å²) in [7, 11) is 0. The zero-order chi connectivity index (χ0) is 19.4. The fraction of sp³-hybridized carbons (Fsp3) is 0.591. The lowest BCUT2D eigenvalue weighted by Gasteiger charge is -2.23. The molecule has 1 fully saturated rings. The van der Waals surface area contributed by atoms with Crippen LogP contribution in [0.15, 0.2) is 18.2 Å². The Morgan fingerprint density at radius 1 is 1.22 bits per heavy atom. The van der Waals surface area contributed by atoms with Gasteiger partial charge < -0.3 is 19.3 Å². The standard InChI is InChI=1S/C22H32N2O3/c1-4-24-16(2)22(17(3)25)20-13-19(9-10-21(20)24)27-15-18(26)14-23-11-7-5-6-8-12-23/h9-10,13,18,26H,4-8,11-12,14-15H2,1-3H3. The van der Waals surface area contributed by atoms with E-state index in [9.17, 15) is 9.90 Å². The van der Waals surface area contributed by atoms with Crippen LogP contribution < -0.4 is 4.74 Å². The number of likely N-dealkylation sites (tertiary alicyclic amines) is 1. The summed E-state index contributed by atoms with van der Waals surface area (Å²) < 4.78 is 8.03. The van der Waals surface area contributed by atoms with Crippen LogP contribution in [0.5, 0.6) is 5.75 Å². The van der Waals surface area contributed by atoms with Crippen molar-refractivity contribution in [1.82, 2.24) is 9.47 Å². The van der Waals surface area contributed by atoms with Gasteiger partial charge in [0.1, 0.15) is 18.5 Å². The molecule has 0 bridgehead atoms. The van der Waals surface area contributed by atoms with Crippen molar-refractivity contribution >= 4 is 16.7 Å². The first-order valence-corrected chi connectivity index (χ1v) is 10.2. The maximum Gasteiger partial charge on any atom is 0.162 e. The number of aliphatic hydroxyl groups is 1. The Morgan fingerprint density at radius 3 is 2.56 bits per heavy atom. The summed E-state index contributed by atoms with van der Waals surface area (Å²) >= 11 is 0. The molecular formula is C22H32N2O3. The SMILES string of the molecule is CCn1c(C)c(C(C)=O)c2cc(OCC(O)CN3CCCCCC3)ccc21. The summed E-state index contributed by atoms with van der Waals surface area (Å²) in [5.41, 5.74) is 2.82. The summed E-state index contributed by atoms with van der Waals surface area (Å²) in [5, 5.41) is 11.3. The number of aromatic nitrogens is 1. The number of ketones is 1. The highest BCUT2D eigenvalue weighted by atomic mass is 16.5. The van der Waals surface area contributed by atoms with Crippen molar-refractivity contribution in [2.75, 3.05) is 26.2 Å². The van der Waals surface area contributed by atoms with Gasteiger partial charge in [0.05, 0.1) is 0 Å². The van der Waals surface area contributed by atoms with Gasteiger partial charge in [0, 0.05) is 35.2 Å². The maximum absolute atomic E-state index is 12.1. The van der Waals surface area contributed by atoms with Crippen molar-refractivity contribution in [2.45, 2.75) is 59.1 Å². The van der Waals surface area contributed by atoms with Crippen LogP contribution in [-0.4, -0.2) is 52.7 Å². The van der Waals surface area contributed by atoms with Gasteiger partial charge >= 0.3 is 0 Å². The molecule has 1 aromatic carbocycles. The van der Waals surface area contributed by atoms with Crippen LogP contribution in [0.25, 0.3) is 10.9 Å². The van der Waals surface area contributed by atoms with E-state index in [4.69, 9.17) is 4.74 Å². The van der Waals surface area contributed by atoms with Gasteiger partial charge in [0.2, 0.25) is 0 Å². The summed E-state index contributed by atoms with van der Waals surface area (Å²) in [6, 6.07) is 5.87. The van der Waals surface area contributed by atoms with Crippen molar-refractivity contribution in [3.05, 3.63) is 29.5 Å². The van der Waals surface area contributed by atoms with Gasteiger partial charge in [-0.3, -0.25) is 4.79 Å². The Hall–Kier alpha value is -1.85. The Morgan fingerprint density at radius 2 is 1.93 bits per heavy atom. The smallest absolute Gasteiger partial charge is 0.162 e. The molecule has 148 valence electrons. The van der Waals surface area contributed by atoms with Crippen LogP contribution in [0.2, 0.25) is 0 Å². The highest BCUT2D eigenvalue weighted by molar-refractivity contribution is 6.08. The average Bonchev–Trinajstić information content (AvgIpc) is 2.77. The summed E-state index contributed by atoms with van der Waals surface area (Å²) in [6.07, 6.45) is 4.50. The third-order valence-electron chi connectivity index (χ3n) is 5.57. The van der Waals surface area contributed by atoms with Crippen molar-refractivity contribution in [3.63, 3.8) is 0 Å². The van der Waals surface area contributed by atoms with Gasteiger partial charge in [-0.15, -0.1) is 0 Å². The molecule has 1 aliphatic heterocycles. The minimum Gasteiger partial charge on any atom is -0.491 e. The van der Waals surface area contributed by atoms with Crippen LogP contribution >= 0.6 is 0 Å². The summed E-state index contributed by atoms with van der Waals surface area (Å²) in [5.74, 6) is 0.774. The van der Waals surface area contributed by atoms with E-state index in [1.807, 2.05) is 25.1 Å². The van der Waals surface area contributed by atoms with Crippen LogP contribution in [0.4, 0.5) is 0 Å². The van der Waals surface area contributed by atoms with Gasteiger partial charge in [0.25, 0.3) is 0 Å². The van der Waals surface area contributed by atoms with Gasteiger partial charge in [-0.05, 0) is 64.9 Å². The van der Waals surface area contributed by atoms with Crippen LogP contribution in [0.3, 0.4) is 0 Å². The number of hydrogen-bond donors (Lipinski definition) is 1. The van der Waals surface area contributed by atoms with Crippen molar-refractivity contribution < 1.29 is 14.6 Å². The number of benzene rings is 1. The number of rotatable bonds is 7. The molecule has 0 aliphatic carbocycles. The normalized spacial score (nSPS) is 17.0. The minimum atomic E-state index is -0.506. The second-order valence-electron chi connectivity index (χ2n) is 7.62. The first kappa shape index (κ1) is 19.9. The Bertz CT molecular complexity index is 788. The van der Waals surface area contributed by atoms with Gasteiger partial charge in [0.15, 0.2) is 5.78 Å². The number of Topliss-reactive ketones (excluding diaryl/α,β-unsaturated/α-hetero) is 1. The van der Waals surface area contributed by atoms with Gasteiger partial charge in [-0.25, -0.2) is 0 Å². The number of aliphatic hydroxyl groups excluding tert-OH is 1. The second kappa shape index (κ2) is 8.89. The zero-order valence-corrected chi connectivity index (χ0v) is 16.8. The molecule has 2 aromatic rings. The van der Waals surface area contributed by atoms with E-state index in [0.29, 0.717) is 12.3 Å². The van der Waals surface area contributed by atoms with E-state index < -0.39 is 6.10 Å². The molecular weight excluding hydrogens is 340 g/mol. The molecule has 1 aliphatic rings. The quantitative estimate of drug-likeness (QED) is 0.752. The van der Waals surface area contributed by atoms with E-state index in [-0.39, 0.29) is 12.4 Å². The summed E-state index contributed by atoms with van der Waals surface area (Å²) in [4.78, 5) is 14.5. The molecule has 0 amide bonds. The molecule has 5 nitrogen and oxygen atoms in total. The van der Waals surface area contributed by atoms with E-state index in [2.05, 4.69) is 16.4 Å². The molecule has 0 spiro atoms. The minimum absolute atomic E-state index is 0.0723. The fourth-order valence-electron chi connectivity index (χ4n) is 4.26. The zero-order valence-electron chi connectivity index (χ0n) is 16.8. The topological polar surface area (TPSA) is 54.7 Å². The molecule has 1 N–H and O–H groups in total. The number of nitrogens with zero attached hydrogens (tertiary/aromatic N) is 2. The highest BCUT2D eigenvalue weighted by Crippen LogP contribution is 2.30. The first-order chi connectivity index (χ1) is 13.0. The molecule has 1 atom stereocenters. The predicted molar refractivity (Wildman–Crippen MR) is 109 cm³/mol. The maximum atomic E-state index is 12.1. The second-order valence-corrected chi connectivity index (χ2v) is 7.62. The van der Waals surface area contributed by atoms with Crippen molar-refractivity contribution in [3.8, 4) is 5.75 Å². The van der Waals surface area contributed by atoms with E-state index >= 15 is 0 Å². The lowest BCUT2D eigenvalue weighted by Crippen LogP contribution is -2.36. The van der Waals surface area contributed by atoms with E-state index in [0.717, 1.165) is 41.8 Å². The van der Waals surface area contributed by atoms with E-state index in [1.165, 1.54) is 25.7 Å². The molecule has 0 saturated carbocycles. The number of β-amino-alcohol motifs (C(OH)–C–C–N with tert-alkyl or cyclic N) is 1. The number of carbonyl (C=O) groups is 1. The first-order valence-electron chi connectivity index (χ1n) is 10.2. The van der Waals surface area contributed by atoms with Crippen LogP contribution in [0, 0.1) is 6.92 Å². The average molecular weight is 373 g/mol. The molecule has 1 unspecified atom stereocenters. The fourth-order valence-corrected chi connectivity index (χ4v) is 4.26. The third kappa shape index (κ3) is 4.53. The number of hydrogen-bond acceptors (Lipinski definition) is 4. The predicted octanol–water partition coefficient (Wildman–Crippen LogP) is 3.79. The Kier molecular flexibility index (Phi) is 6.55. The molecule has 5 heteroatoms. The highest BCUT2D eigenvalue weighted by Gasteiger charge is 2.18. The lowest BCUT2D eigenvalue weighted by molar-refractivity contribution is 0.0694. The monoisotopic (exact) mass is 372 g/mol. The van der Waals surface area contributed by atoms with Crippen LogP contribution in [0.1, 0.15) is 55.6 Å². The molecule has 3 rings (SSSR count). The van der Waals surface area contributed by atoms with Gasteiger partial charge in [-0.2, -0.15) is 0 Å². The molecule has 1 aromatic heterocycles. The lowest BCUT2D eigenvalue weighted by atomic mass is 10.1. The largest absolute Gasteiger partial charge is 0.491 e. The number of fused-ring (bicyclic) bond motifs is 1. The Labute approximate surface area is 161 Å². The van der Waals surface area contributed by atoms with Crippen LogP contribution in [-0.2, 0) is 6.54 Å².